The average molecular weight is 393 g/mol. The number of hydrogen-bond donors (Lipinski definition) is 4. The van der Waals surface area contributed by atoms with Crippen LogP contribution in [0.3, 0.4) is 0 Å². The maximum atomic E-state index is 14.0. The van der Waals surface area contributed by atoms with Crippen LogP contribution in [0.4, 0.5) is 14.9 Å². The Morgan fingerprint density at radius 1 is 1.55 bits per heavy atom. The molecule has 1 fully saturated rings. The molecule has 2 amide bonds. The van der Waals surface area contributed by atoms with E-state index in [1.807, 2.05) is 22.6 Å². The van der Waals surface area contributed by atoms with Crippen molar-refractivity contribution in [1.29, 1.82) is 0 Å². The normalized spacial score (nSPS) is 15.8. The van der Waals surface area contributed by atoms with Crippen LogP contribution in [0.5, 0.6) is 0 Å². The largest absolute Gasteiger partial charge is 0.387 e. The van der Waals surface area contributed by atoms with E-state index in [2.05, 4.69) is 16.0 Å². The lowest BCUT2D eigenvalue weighted by molar-refractivity contribution is 0.174. The number of carbonyl (C=O) groups is 1. The maximum Gasteiger partial charge on any atom is 0.319 e. The van der Waals surface area contributed by atoms with Crippen molar-refractivity contribution in [1.82, 2.24) is 10.6 Å². The second-order valence-electron chi connectivity index (χ2n) is 4.76. The fraction of sp³-hybridized carbons (Fsp3) is 0.462. The van der Waals surface area contributed by atoms with Crippen LogP contribution in [0, 0.1) is 9.39 Å². The van der Waals surface area contributed by atoms with Crippen molar-refractivity contribution in [2.24, 2.45) is 0 Å². The summed E-state index contributed by atoms with van der Waals surface area (Å²) in [4.78, 5) is 11.2. The van der Waals surface area contributed by atoms with Crippen LogP contribution in [-0.2, 0) is 0 Å². The number of hydrogen-bond acceptors (Lipinski definition) is 3. The highest BCUT2D eigenvalue weighted by molar-refractivity contribution is 14.1. The van der Waals surface area contributed by atoms with Gasteiger partial charge in [0.25, 0.3) is 0 Å². The van der Waals surface area contributed by atoms with Crippen LogP contribution in [0.25, 0.3) is 0 Å². The number of aliphatic hydroxyl groups excluding tert-OH is 1. The van der Waals surface area contributed by atoms with E-state index in [1.165, 1.54) is 13.1 Å². The molecular formula is C13H17FIN3O2. The molecule has 2 rings (SSSR count). The zero-order valence-electron chi connectivity index (χ0n) is 11.0. The second kappa shape index (κ2) is 6.68. The number of nitrogens with one attached hydrogen (secondary N) is 3. The molecule has 7 heteroatoms. The third kappa shape index (κ3) is 4.03. The minimum atomic E-state index is -0.757. The topological polar surface area (TPSA) is 73.4 Å². The summed E-state index contributed by atoms with van der Waals surface area (Å²) in [6.07, 6.45) is 1.51. The van der Waals surface area contributed by atoms with Gasteiger partial charge in [0.1, 0.15) is 5.82 Å². The predicted molar refractivity (Wildman–Crippen MR) is 83.2 cm³/mol. The van der Waals surface area contributed by atoms with Crippen molar-refractivity contribution in [2.45, 2.75) is 25.0 Å². The summed E-state index contributed by atoms with van der Waals surface area (Å²) in [6.45, 7) is 0.405. The van der Waals surface area contributed by atoms with Crippen LogP contribution >= 0.6 is 22.6 Å². The lowest BCUT2D eigenvalue weighted by Crippen LogP contribution is -2.26. The Labute approximate surface area is 130 Å². The van der Waals surface area contributed by atoms with E-state index in [0.717, 1.165) is 12.8 Å². The summed E-state index contributed by atoms with van der Waals surface area (Å²) in [6, 6.07) is 2.94. The smallest absolute Gasteiger partial charge is 0.319 e. The molecule has 1 aliphatic carbocycles. The lowest BCUT2D eigenvalue weighted by atomic mass is 10.1. The first-order valence-corrected chi connectivity index (χ1v) is 7.48. The lowest BCUT2D eigenvalue weighted by Gasteiger charge is -2.15. The molecule has 0 spiro atoms. The molecule has 20 heavy (non-hydrogen) atoms. The Kier molecular flexibility index (Phi) is 5.17. The molecule has 1 aromatic rings. The maximum absolute atomic E-state index is 14.0. The Bertz CT molecular complexity index is 485. The Balaban J connectivity index is 2.09. The minimum Gasteiger partial charge on any atom is -0.387 e. The van der Waals surface area contributed by atoms with Crippen LogP contribution in [0.1, 0.15) is 24.5 Å². The third-order valence-corrected chi connectivity index (χ3v) is 3.94. The molecule has 1 saturated carbocycles. The van der Waals surface area contributed by atoms with Crippen molar-refractivity contribution in [2.75, 3.05) is 18.9 Å². The van der Waals surface area contributed by atoms with Gasteiger partial charge in [-0.2, -0.15) is 0 Å². The summed E-state index contributed by atoms with van der Waals surface area (Å²) in [5.41, 5.74) is 0.624. The molecule has 0 aliphatic heterocycles. The highest BCUT2D eigenvalue weighted by Crippen LogP contribution is 2.27. The number of benzene rings is 1. The quantitative estimate of drug-likeness (QED) is 0.578. The highest BCUT2D eigenvalue weighted by atomic mass is 127. The fourth-order valence-electron chi connectivity index (χ4n) is 1.76. The predicted octanol–water partition coefficient (Wildman–Crippen LogP) is 1.97. The summed E-state index contributed by atoms with van der Waals surface area (Å²) in [7, 11) is 1.46. The van der Waals surface area contributed by atoms with E-state index in [9.17, 15) is 14.3 Å². The first kappa shape index (κ1) is 15.5. The Morgan fingerprint density at radius 2 is 2.25 bits per heavy atom. The van der Waals surface area contributed by atoms with Crippen LogP contribution in [-0.4, -0.2) is 30.8 Å². The Morgan fingerprint density at radius 3 is 2.80 bits per heavy atom. The van der Waals surface area contributed by atoms with Gasteiger partial charge >= 0.3 is 6.03 Å². The van der Waals surface area contributed by atoms with E-state index in [0.29, 0.717) is 21.7 Å². The third-order valence-electron chi connectivity index (χ3n) is 3.09. The van der Waals surface area contributed by atoms with Gasteiger partial charge in [-0.15, -0.1) is 0 Å². The number of halogens is 2. The molecule has 1 aromatic carbocycles. The molecule has 4 N–H and O–H groups in total. The summed E-state index contributed by atoms with van der Waals surface area (Å²) in [5, 5.41) is 18.0. The van der Waals surface area contributed by atoms with Gasteiger partial charge in [-0.1, -0.05) is 0 Å². The zero-order valence-corrected chi connectivity index (χ0v) is 13.2. The molecule has 5 nitrogen and oxygen atoms in total. The van der Waals surface area contributed by atoms with Gasteiger partial charge in [-0.3, -0.25) is 0 Å². The van der Waals surface area contributed by atoms with Crippen molar-refractivity contribution in [3.63, 3.8) is 0 Å². The van der Waals surface area contributed by atoms with E-state index in [1.54, 1.807) is 6.07 Å². The van der Waals surface area contributed by atoms with Crippen LogP contribution < -0.4 is 16.0 Å². The van der Waals surface area contributed by atoms with E-state index in [-0.39, 0.29) is 5.69 Å². The van der Waals surface area contributed by atoms with Gasteiger partial charge in [-0.25, -0.2) is 9.18 Å². The highest BCUT2D eigenvalue weighted by Gasteiger charge is 2.22. The number of rotatable bonds is 5. The average Bonchev–Trinajstić information content (AvgIpc) is 3.23. The van der Waals surface area contributed by atoms with Gasteiger partial charge in [-0.05, 0) is 53.1 Å². The number of urea groups is 1. The summed E-state index contributed by atoms with van der Waals surface area (Å²) >= 11 is 1.93. The summed E-state index contributed by atoms with van der Waals surface area (Å²) in [5.74, 6) is -0.555. The van der Waals surface area contributed by atoms with Crippen molar-refractivity contribution < 1.29 is 14.3 Å². The molecule has 1 atom stereocenters. The molecular weight excluding hydrogens is 376 g/mol. The molecule has 1 aliphatic rings. The second-order valence-corrected chi connectivity index (χ2v) is 5.92. The monoisotopic (exact) mass is 393 g/mol. The number of amides is 2. The van der Waals surface area contributed by atoms with Gasteiger partial charge in [0.15, 0.2) is 0 Å². The Hall–Kier alpha value is -0.930. The van der Waals surface area contributed by atoms with Crippen LogP contribution in [0.2, 0.25) is 0 Å². The molecule has 0 aromatic heterocycles. The molecule has 0 bridgehead atoms. The molecule has 0 saturated heterocycles. The summed E-state index contributed by atoms with van der Waals surface area (Å²) < 4.78 is 14.5. The molecule has 0 heterocycles. The first-order valence-electron chi connectivity index (χ1n) is 6.40. The van der Waals surface area contributed by atoms with Gasteiger partial charge in [0.2, 0.25) is 0 Å². The number of anilines is 1. The molecule has 1 unspecified atom stereocenters. The molecule has 0 radical (unpaired) electrons. The van der Waals surface area contributed by atoms with Gasteiger partial charge < -0.3 is 21.1 Å². The van der Waals surface area contributed by atoms with Gasteiger partial charge in [0.05, 0.1) is 11.8 Å². The minimum absolute atomic E-state index is 0.121. The van der Waals surface area contributed by atoms with Crippen LogP contribution in [0.15, 0.2) is 12.1 Å². The van der Waals surface area contributed by atoms with Gasteiger partial charge in [0, 0.05) is 23.2 Å². The first-order chi connectivity index (χ1) is 9.51. The zero-order chi connectivity index (χ0) is 14.7. The van der Waals surface area contributed by atoms with E-state index >= 15 is 0 Å². The van der Waals surface area contributed by atoms with E-state index in [4.69, 9.17) is 0 Å². The van der Waals surface area contributed by atoms with Crippen molar-refractivity contribution >= 4 is 34.3 Å². The fourth-order valence-corrected chi connectivity index (χ4v) is 2.52. The van der Waals surface area contributed by atoms with Crippen molar-refractivity contribution in [3.8, 4) is 0 Å². The van der Waals surface area contributed by atoms with E-state index < -0.39 is 18.0 Å². The standard InChI is InChI=1S/C13H17FIN3O2/c1-16-13(20)18-12-9(14)4-7(5-10(12)15)11(19)6-17-8-2-3-8/h4-5,8,11,17,19H,2-3,6H2,1H3,(H2,16,18,20). The van der Waals surface area contributed by atoms with Crippen molar-refractivity contribution in [3.05, 3.63) is 27.1 Å². The molecule has 110 valence electrons. The SMILES string of the molecule is CNC(=O)Nc1c(F)cc(C(O)CNC2CC2)cc1I. The number of aliphatic hydroxyl groups is 1. The number of carbonyl (C=O) groups excluding carboxylic acids is 1.